The zero-order valence-electron chi connectivity index (χ0n) is 17.9. The van der Waals surface area contributed by atoms with Crippen molar-refractivity contribution in [2.24, 2.45) is 0 Å². The van der Waals surface area contributed by atoms with E-state index in [4.69, 9.17) is 9.47 Å². The lowest BCUT2D eigenvalue weighted by molar-refractivity contribution is 0.0875. The van der Waals surface area contributed by atoms with E-state index in [1.807, 2.05) is 69.5 Å². The van der Waals surface area contributed by atoms with Crippen molar-refractivity contribution >= 4 is 16.9 Å². The smallest absolute Gasteiger partial charge is 0.249 e. The molecule has 0 bridgehead atoms. The number of fused-ring (bicyclic) bond motifs is 1. The Morgan fingerprint density at radius 1 is 0.933 bits per heavy atom. The van der Waals surface area contributed by atoms with Crippen LogP contribution in [0.2, 0.25) is 0 Å². The molecule has 0 atom stereocenters. The summed E-state index contributed by atoms with van der Waals surface area (Å²) >= 11 is 0. The molecule has 7 heteroatoms. The fourth-order valence-electron chi connectivity index (χ4n) is 2.60. The summed E-state index contributed by atoms with van der Waals surface area (Å²) in [5.74, 6) is 6.65. The number of anilines is 1. The van der Waals surface area contributed by atoms with Gasteiger partial charge < -0.3 is 19.3 Å². The van der Waals surface area contributed by atoms with Crippen molar-refractivity contribution in [2.75, 3.05) is 59.5 Å². The third-order valence-electron chi connectivity index (χ3n) is 4.25. The maximum atomic E-state index is 5.85. The van der Waals surface area contributed by atoms with Crippen molar-refractivity contribution in [3.8, 4) is 17.7 Å². The van der Waals surface area contributed by atoms with Crippen molar-refractivity contribution in [1.82, 2.24) is 19.9 Å². The van der Waals surface area contributed by atoms with Crippen LogP contribution in [-0.2, 0) is 4.74 Å². The highest BCUT2D eigenvalue weighted by Crippen LogP contribution is 2.18. The molecule has 0 N–H and O–H groups in total. The molecule has 0 aliphatic heterocycles. The molecule has 7 nitrogen and oxygen atoms in total. The third-order valence-corrected chi connectivity index (χ3v) is 4.25. The maximum Gasteiger partial charge on any atom is 0.249 e. The van der Waals surface area contributed by atoms with Crippen LogP contribution < -0.4 is 9.64 Å². The molecule has 0 aliphatic rings. The molecule has 2 heterocycles. The van der Waals surface area contributed by atoms with Crippen LogP contribution in [0.4, 0.5) is 5.69 Å². The van der Waals surface area contributed by atoms with Gasteiger partial charge in [-0.1, -0.05) is 12.0 Å². The largest absolute Gasteiger partial charge is 0.473 e. The molecule has 3 rings (SSSR count). The van der Waals surface area contributed by atoms with Crippen LogP contribution in [0.1, 0.15) is 11.3 Å². The summed E-state index contributed by atoms with van der Waals surface area (Å²) in [6.45, 7) is 2.36. The topological polar surface area (TPSA) is 63.6 Å². The monoisotopic (exact) mass is 405 g/mol. The van der Waals surface area contributed by atoms with Crippen molar-refractivity contribution < 1.29 is 9.47 Å². The van der Waals surface area contributed by atoms with Gasteiger partial charge in [0.25, 0.3) is 0 Å². The molecular formula is C23H27N5O2. The average Bonchev–Trinajstić information content (AvgIpc) is 2.74. The van der Waals surface area contributed by atoms with Crippen molar-refractivity contribution in [1.29, 1.82) is 0 Å². The average molecular weight is 406 g/mol. The standard InChI is InChI=1S/C23H27N5O2/c1-27(2)13-14-29-15-16-30-23-21(25-22-20(26-23)9-6-12-24-22)11-10-18-7-5-8-19(17-18)28(3)4/h5-9,12,17H,13-16H2,1-4H3. The van der Waals surface area contributed by atoms with Crippen LogP contribution in [0.3, 0.4) is 0 Å². The predicted molar refractivity (Wildman–Crippen MR) is 119 cm³/mol. The second kappa shape index (κ2) is 10.5. The number of aromatic nitrogens is 3. The Balaban J connectivity index is 1.79. The van der Waals surface area contributed by atoms with Crippen LogP contribution in [0.5, 0.6) is 5.88 Å². The quantitative estimate of drug-likeness (QED) is 0.421. The first-order valence-electron chi connectivity index (χ1n) is 9.80. The van der Waals surface area contributed by atoms with E-state index in [0.29, 0.717) is 42.6 Å². The van der Waals surface area contributed by atoms with Crippen molar-refractivity contribution in [3.63, 3.8) is 0 Å². The predicted octanol–water partition coefficient (Wildman–Crippen LogP) is 2.45. The lowest BCUT2D eigenvalue weighted by atomic mass is 10.2. The van der Waals surface area contributed by atoms with E-state index in [1.54, 1.807) is 6.20 Å². The van der Waals surface area contributed by atoms with Gasteiger partial charge in [0.05, 0.1) is 13.2 Å². The number of likely N-dealkylation sites (N-methyl/N-ethyl adjacent to an activating group) is 1. The van der Waals surface area contributed by atoms with Crippen LogP contribution in [-0.4, -0.2) is 74.4 Å². The number of pyridine rings is 1. The highest BCUT2D eigenvalue weighted by atomic mass is 16.5. The lowest BCUT2D eigenvalue weighted by Gasteiger charge is -2.12. The molecule has 0 unspecified atom stereocenters. The molecule has 2 aromatic heterocycles. The minimum Gasteiger partial charge on any atom is -0.473 e. The molecule has 0 saturated carbocycles. The molecule has 0 amide bonds. The number of nitrogens with zero attached hydrogens (tertiary/aromatic N) is 5. The van der Waals surface area contributed by atoms with Gasteiger partial charge in [-0.05, 0) is 50.3 Å². The molecule has 0 fully saturated rings. The third kappa shape index (κ3) is 6.14. The van der Waals surface area contributed by atoms with Crippen molar-refractivity contribution in [3.05, 3.63) is 53.9 Å². The first-order valence-corrected chi connectivity index (χ1v) is 9.80. The lowest BCUT2D eigenvalue weighted by Crippen LogP contribution is -2.19. The molecule has 0 radical (unpaired) electrons. The zero-order valence-corrected chi connectivity index (χ0v) is 17.9. The number of benzene rings is 1. The summed E-state index contributed by atoms with van der Waals surface area (Å²) in [7, 11) is 8.02. The fraction of sp³-hybridized carbons (Fsp3) is 0.348. The Hall–Kier alpha value is -3.21. The van der Waals surface area contributed by atoms with Gasteiger partial charge in [0.15, 0.2) is 11.3 Å². The first-order chi connectivity index (χ1) is 14.5. The summed E-state index contributed by atoms with van der Waals surface area (Å²) in [6.07, 6.45) is 1.69. The molecule has 0 aliphatic carbocycles. The SMILES string of the molecule is CN(C)CCOCCOc1nc2cccnc2nc1C#Cc1cccc(N(C)C)c1. The summed E-state index contributed by atoms with van der Waals surface area (Å²) in [6, 6.07) is 11.7. The summed E-state index contributed by atoms with van der Waals surface area (Å²) in [5, 5.41) is 0. The zero-order chi connectivity index (χ0) is 21.3. The van der Waals surface area contributed by atoms with E-state index in [2.05, 4.69) is 31.7 Å². The van der Waals surface area contributed by atoms with Gasteiger partial charge in [-0.15, -0.1) is 0 Å². The van der Waals surface area contributed by atoms with Gasteiger partial charge in [-0.2, -0.15) is 0 Å². The molecule has 0 saturated heterocycles. The minimum atomic E-state index is 0.374. The number of ether oxygens (including phenoxy) is 2. The second-order valence-corrected chi connectivity index (χ2v) is 7.18. The highest BCUT2D eigenvalue weighted by molar-refractivity contribution is 5.71. The summed E-state index contributed by atoms with van der Waals surface area (Å²) in [4.78, 5) is 17.5. The van der Waals surface area contributed by atoms with Gasteiger partial charge in [-0.25, -0.2) is 15.0 Å². The first kappa shape index (κ1) is 21.5. The fourth-order valence-corrected chi connectivity index (χ4v) is 2.60. The Morgan fingerprint density at radius 3 is 2.60 bits per heavy atom. The second-order valence-electron chi connectivity index (χ2n) is 7.18. The Morgan fingerprint density at radius 2 is 1.80 bits per heavy atom. The number of hydrogen-bond acceptors (Lipinski definition) is 7. The van der Waals surface area contributed by atoms with E-state index in [-0.39, 0.29) is 0 Å². The van der Waals surface area contributed by atoms with E-state index in [9.17, 15) is 0 Å². The molecule has 30 heavy (non-hydrogen) atoms. The van der Waals surface area contributed by atoms with Gasteiger partial charge in [0.1, 0.15) is 12.1 Å². The van der Waals surface area contributed by atoms with E-state index in [1.165, 1.54) is 0 Å². The number of hydrogen-bond donors (Lipinski definition) is 0. The van der Waals surface area contributed by atoms with Gasteiger partial charge in [0, 0.05) is 38.1 Å². The Kier molecular flexibility index (Phi) is 7.55. The van der Waals surface area contributed by atoms with Crippen LogP contribution in [0, 0.1) is 11.8 Å². The molecular weight excluding hydrogens is 378 g/mol. The van der Waals surface area contributed by atoms with Gasteiger partial charge in [0.2, 0.25) is 5.88 Å². The van der Waals surface area contributed by atoms with Crippen LogP contribution in [0.25, 0.3) is 11.2 Å². The molecule has 156 valence electrons. The van der Waals surface area contributed by atoms with Gasteiger partial charge >= 0.3 is 0 Å². The van der Waals surface area contributed by atoms with E-state index in [0.717, 1.165) is 17.8 Å². The minimum absolute atomic E-state index is 0.374. The van der Waals surface area contributed by atoms with Crippen LogP contribution >= 0.6 is 0 Å². The summed E-state index contributed by atoms with van der Waals surface area (Å²) in [5.41, 5.74) is 3.64. The summed E-state index contributed by atoms with van der Waals surface area (Å²) < 4.78 is 11.4. The van der Waals surface area contributed by atoms with E-state index >= 15 is 0 Å². The molecule has 3 aromatic rings. The molecule has 1 aromatic carbocycles. The highest BCUT2D eigenvalue weighted by Gasteiger charge is 2.09. The van der Waals surface area contributed by atoms with Gasteiger partial charge in [-0.3, -0.25) is 0 Å². The Labute approximate surface area is 177 Å². The van der Waals surface area contributed by atoms with Crippen LogP contribution in [0.15, 0.2) is 42.6 Å². The normalized spacial score (nSPS) is 10.7. The number of rotatable bonds is 8. The van der Waals surface area contributed by atoms with Crippen molar-refractivity contribution in [2.45, 2.75) is 0 Å². The maximum absolute atomic E-state index is 5.85. The van der Waals surface area contributed by atoms with E-state index < -0.39 is 0 Å². The Bertz CT molecular complexity index is 1040. The molecule has 0 spiro atoms.